The molecular weight excluding hydrogens is 304 g/mol. The number of nitrogens with zero attached hydrogens (tertiary/aromatic N) is 4. The maximum atomic E-state index is 12.5. The molecule has 3 rings (SSSR count). The van der Waals surface area contributed by atoms with Crippen LogP contribution in [0.25, 0.3) is 0 Å². The van der Waals surface area contributed by atoms with E-state index in [0.717, 1.165) is 30.6 Å². The average molecular weight is 326 g/mol. The van der Waals surface area contributed by atoms with Crippen molar-refractivity contribution in [2.45, 2.75) is 25.8 Å². The first-order chi connectivity index (χ1) is 11.5. The third-order valence-electron chi connectivity index (χ3n) is 4.27. The fourth-order valence-electron chi connectivity index (χ4n) is 2.98. The molecule has 0 unspecified atom stereocenters. The molecule has 1 fully saturated rings. The van der Waals surface area contributed by atoms with E-state index in [4.69, 9.17) is 0 Å². The summed E-state index contributed by atoms with van der Waals surface area (Å²) in [5.74, 6) is 0.115. The third kappa shape index (κ3) is 3.48. The molecule has 1 aromatic carbocycles. The van der Waals surface area contributed by atoms with Crippen LogP contribution in [-0.2, 0) is 18.4 Å². The van der Waals surface area contributed by atoms with Gasteiger partial charge in [-0.3, -0.25) is 14.3 Å². The molecule has 2 aromatic rings. The van der Waals surface area contributed by atoms with E-state index in [1.165, 1.54) is 0 Å². The van der Waals surface area contributed by atoms with E-state index >= 15 is 0 Å². The number of carbonyl (C=O) groups excluding carboxylic acids is 2. The Bertz CT molecular complexity index is 736. The Kier molecular flexibility index (Phi) is 4.64. The minimum Gasteiger partial charge on any atom is -0.337 e. The first-order valence-corrected chi connectivity index (χ1v) is 8.18. The Morgan fingerprint density at radius 3 is 2.62 bits per heavy atom. The van der Waals surface area contributed by atoms with E-state index in [2.05, 4.69) is 5.10 Å². The molecule has 2 amide bonds. The maximum Gasteiger partial charge on any atom is 0.253 e. The monoisotopic (exact) mass is 326 g/mol. The van der Waals surface area contributed by atoms with Crippen molar-refractivity contribution in [2.24, 2.45) is 7.05 Å². The molecule has 0 spiro atoms. The second-order valence-electron chi connectivity index (χ2n) is 6.23. The fourth-order valence-corrected chi connectivity index (χ4v) is 2.98. The lowest BCUT2D eigenvalue weighted by Gasteiger charge is -2.27. The van der Waals surface area contributed by atoms with Crippen LogP contribution in [0.4, 0.5) is 5.69 Å². The largest absolute Gasteiger partial charge is 0.337 e. The normalized spacial score (nSPS) is 14.8. The van der Waals surface area contributed by atoms with Gasteiger partial charge in [0.2, 0.25) is 5.91 Å². The number of carbonyl (C=O) groups is 2. The zero-order valence-electron chi connectivity index (χ0n) is 14.1. The van der Waals surface area contributed by atoms with Crippen LogP contribution in [-0.4, -0.2) is 40.1 Å². The highest BCUT2D eigenvalue weighted by Crippen LogP contribution is 2.21. The van der Waals surface area contributed by atoms with E-state index in [1.54, 1.807) is 39.9 Å². The molecule has 0 bridgehead atoms. The molecule has 6 heteroatoms. The molecule has 126 valence electrons. The van der Waals surface area contributed by atoms with Crippen LogP contribution in [0.3, 0.4) is 0 Å². The zero-order chi connectivity index (χ0) is 17.1. The second-order valence-corrected chi connectivity index (χ2v) is 6.23. The van der Waals surface area contributed by atoms with Crippen LogP contribution in [0.1, 0.15) is 35.2 Å². The van der Waals surface area contributed by atoms with Gasteiger partial charge in [-0.15, -0.1) is 0 Å². The van der Waals surface area contributed by atoms with Crippen LogP contribution >= 0.6 is 0 Å². The van der Waals surface area contributed by atoms with Gasteiger partial charge in [0.05, 0.1) is 6.20 Å². The second kappa shape index (κ2) is 6.86. The quantitative estimate of drug-likeness (QED) is 0.865. The summed E-state index contributed by atoms with van der Waals surface area (Å²) in [5.41, 5.74) is 2.48. The van der Waals surface area contributed by atoms with Crippen molar-refractivity contribution in [1.82, 2.24) is 14.7 Å². The Morgan fingerprint density at radius 2 is 2.00 bits per heavy atom. The van der Waals surface area contributed by atoms with Gasteiger partial charge in [0.15, 0.2) is 0 Å². The number of hydrogen-bond donors (Lipinski definition) is 0. The number of benzene rings is 1. The van der Waals surface area contributed by atoms with Gasteiger partial charge in [-0.05, 0) is 37.1 Å². The van der Waals surface area contributed by atoms with Crippen LogP contribution in [0.5, 0.6) is 0 Å². The third-order valence-corrected chi connectivity index (χ3v) is 4.27. The summed E-state index contributed by atoms with van der Waals surface area (Å²) in [6.45, 7) is 1.27. The van der Waals surface area contributed by atoms with Crippen LogP contribution in [0.2, 0.25) is 0 Å². The van der Waals surface area contributed by atoms with Crippen LogP contribution < -0.4 is 4.90 Å². The molecule has 0 radical (unpaired) electrons. The maximum absolute atomic E-state index is 12.5. The molecule has 1 aliphatic heterocycles. The van der Waals surface area contributed by atoms with Gasteiger partial charge in [0, 0.05) is 56.6 Å². The average Bonchev–Trinajstić information content (AvgIpc) is 2.99. The standard InChI is InChI=1S/C18H22N4O2/c1-20(12-14-11-19-21(2)13-14)18(24)15-6-8-16(9-7-15)22-10-4-3-5-17(22)23/h6-9,11,13H,3-5,10,12H2,1-2H3. The minimum atomic E-state index is -0.0460. The summed E-state index contributed by atoms with van der Waals surface area (Å²) < 4.78 is 1.72. The first-order valence-electron chi connectivity index (χ1n) is 8.18. The van der Waals surface area contributed by atoms with Crippen LogP contribution in [0, 0.1) is 0 Å². The van der Waals surface area contributed by atoms with Gasteiger partial charge in [-0.2, -0.15) is 5.10 Å². The van der Waals surface area contributed by atoms with Gasteiger partial charge in [0.1, 0.15) is 0 Å². The van der Waals surface area contributed by atoms with E-state index in [0.29, 0.717) is 18.5 Å². The van der Waals surface area contributed by atoms with Crippen molar-refractivity contribution in [1.29, 1.82) is 0 Å². The molecule has 0 N–H and O–H groups in total. The van der Waals surface area contributed by atoms with Crippen molar-refractivity contribution >= 4 is 17.5 Å². The SMILES string of the molecule is CN(Cc1cnn(C)c1)C(=O)c1ccc(N2CCCCC2=O)cc1. The summed E-state index contributed by atoms with van der Waals surface area (Å²) in [4.78, 5) is 28.0. The number of hydrogen-bond acceptors (Lipinski definition) is 3. The molecule has 1 aliphatic rings. The highest BCUT2D eigenvalue weighted by Gasteiger charge is 2.20. The van der Waals surface area contributed by atoms with E-state index in [1.807, 2.05) is 25.4 Å². The molecular formula is C18H22N4O2. The summed E-state index contributed by atoms with van der Waals surface area (Å²) in [5, 5.41) is 4.11. The minimum absolute atomic E-state index is 0.0460. The zero-order valence-corrected chi connectivity index (χ0v) is 14.1. The van der Waals surface area contributed by atoms with E-state index in [-0.39, 0.29) is 11.8 Å². The molecule has 24 heavy (non-hydrogen) atoms. The van der Waals surface area contributed by atoms with Gasteiger partial charge in [-0.25, -0.2) is 0 Å². The van der Waals surface area contributed by atoms with Gasteiger partial charge in [0.25, 0.3) is 5.91 Å². The van der Waals surface area contributed by atoms with Gasteiger partial charge in [-0.1, -0.05) is 0 Å². The van der Waals surface area contributed by atoms with Crippen molar-refractivity contribution < 1.29 is 9.59 Å². The summed E-state index contributed by atoms with van der Waals surface area (Å²) in [6.07, 6.45) is 6.25. The smallest absolute Gasteiger partial charge is 0.253 e. The summed E-state index contributed by atoms with van der Waals surface area (Å²) in [7, 11) is 3.63. The lowest BCUT2D eigenvalue weighted by Crippen LogP contribution is -2.35. The number of rotatable bonds is 4. The highest BCUT2D eigenvalue weighted by molar-refractivity contribution is 5.96. The number of anilines is 1. The number of amides is 2. The van der Waals surface area contributed by atoms with E-state index in [9.17, 15) is 9.59 Å². The predicted molar refractivity (Wildman–Crippen MR) is 91.7 cm³/mol. The Hall–Kier alpha value is -2.63. The van der Waals surface area contributed by atoms with Crippen molar-refractivity contribution in [3.63, 3.8) is 0 Å². The van der Waals surface area contributed by atoms with Crippen molar-refractivity contribution in [3.8, 4) is 0 Å². The topological polar surface area (TPSA) is 58.4 Å². The Morgan fingerprint density at radius 1 is 1.25 bits per heavy atom. The summed E-state index contributed by atoms with van der Waals surface area (Å²) in [6, 6.07) is 7.29. The molecule has 2 heterocycles. The molecule has 0 atom stereocenters. The van der Waals surface area contributed by atoms with Crippen LogP contribution in [0.15, 0.2) is 36.7 Å². The molecule has 1 saturated heterocycles. The van der Waals surface area contributed by atoms with Crippen molar-refractivity contribution in [3.05, 3.63) is 47.8 Å². The molecule has 6 nitrogen and oxygen atoms in total. The first kappa shape index (κ1) is 16.2. The fraction of sp³-hybridized carbons (Fsp3) is 0.389. The number of aromatic nitrogens is 2. The predicted octanol–water partition coefficient (Wildman–Crippen LogP) is 2.21. The number of aryl methyl sites for hydroxylation is 1. The highest BCUT2D eigenvalue weighted by atomic mass is 16.2. The van der Waals surface area contributed by atoms with E-state index < -0.39 is 0 Å². The Labute approximate surface area is 141 Å². The molecule has 0 aliphatic carbocycles. The van der Waals surface area contributed by atoms with Gasteiger partial charge >= 0.3 is 0 Å². The van der Waals surface area contributed by atoms with Gasteiger partial charge < -0.3 is 9.80 Å². The Balaban J connectivity index is 1.68. The lowest BCUT2D eigenvalue weighted by molar-refractivity contribution is -0.119. The molecule has 1 aromatic heterocycles. The summed E-state index contributed by atoms with van der Waals surface area (Å²) >= 11 is 0. The lowest BCUT2D eigenvalue weighted by atomic mass is 10.1. The number of piperidine rings is 1. The van der Waals surface area contributed by atoms with Crippen molar-refractivity contribution in [2.75, 3.05) is 18.5 Å². The molecule has 0 saturated carbocycles.